The van der Waals surface area contributed by atoms with Gasteiger partial charge in [-0.2, -0.15) is 0 Å². The standard InChI is InChI=1S/C16H13ClN2O4/c1-10(16(21)18-13-7-5-12(17)6-8-13)15(20)11-3-2-4-14(9-11)19(22)23/h2-9,15,20H,1H2,(H,18,21). The first-order valence-electron chi connectivity index (χ1n) is 6.56. The number of benzene rings is 2. The minimum Gasteiger partial charge on any atom is -0.383 e. The van der Waals surface area contributed by atoms with Crippen LogP contribution in [0.25, 0.3) is 0 Å². The fourth-order valence-corrected chi connectivity index (χ4v) is 2.00. The summed E-state index contributed by atoms with van der Waals surface area (Å²) in [6.45, 7) is 3.56. The SMILES string of the molecule is C=C(C(=O)Nc1ccc(Cl)cc1)C(O)c1cccc([N+](=O)[O-])c1. The first-order chi connectivity index (χ1) is 10.9. The third-order valence-electron chi connectivity index (χ3n) is 3.12. The lowest BCUT2D eigenvalue weighted by Crippen LogP contribution is -2.18. The molecule has 2 aromatic rings. The summed E-state index contributed by atoms with van der Waals surface area (Å²) >= 11 is 5.76. The zero-order valence-electron chi connectivity index (χ0n) is 11.9. The van der Waals surface area contributed by atoms with Crippen LogP contribution in [0.4, 0.5) is 11.4 Å². The minimum absolute atomic E-state index is 0.125. The fraction of sp³-hybridized carbons (Fsp3) is 0.0625. The van der Waals surface area contributed by atoms with Gasteiger partial charge in [0.15, 0.2) is 0 Å². The zero-order valence-corrected chi connectivity index (χ0v) is 12.7. The van der Waals surface area contributed by atoms with Crippen molar-refractivity contribution in [3.63, 3.8) is 0 Å². The van der Waals surface area contributed by atoms with Gasteiger partial charge < -0.3 is 10.4 Å². The molecule has 0 aliphatic carbocycles. The van der Waals surface area contributed by atoms with Crippen molar-refractivity contribution >= 4 is 28.9 Å². The number of carbonyl (C=O) groups excluding carboxylic acids is 1. The van der Waals surface area contributed by atoms with E-state index in [9.17, 15) is 20.0 Å². The number of nitrogens with zero attached hydrogens (tertiary/aromatic N) is 1. The minimum atomic E-state index is -1.35. The van der Waals surface area contributed by atoms with Gasteiger partial charge in [0.05, 0.1) is 4.92 Å². The Morgan fingerprint density at radius 1 is 1.26 bits per heavy atom. The first-order valence-corrected chi connectivity index (χ1v) is 6.94. The number of halogens is 1. The van der Waals surface area contributed by atoms with Crippen LogP contribution in [-0.4, -0.2) is 15.9 Å². The second-order valence-corrected chi connectivity index (χ2v) is 5.18. The Morgan fingerprint density at radius 2 is 1.91 bits per heavy atom. The van der Waals surface area contributed by atoms with Crippen LogP contribution in [0, 0.1) is 10.1 Å². The van der Waals surface area contributed by atoms with Crippen molar-refractivity contribution in [2.75, 3.05) is 5.32 Å². The summed E-state index contributed by atoms with van der Waals surface area (Å²) in [6, 6.07) is 11.8. The Hall–Kier alpha value is -2.70. The van der Waals surface area contributed by atoms with E-state index in [-0.39, 0.29) is 16.8 Å². The lowest BCUT2D eigenvalue weighted by molar-refractivity contribution is -0.385. The van der Waals surface area contributed by atoms with Gasteiger partial charge in [-0.3, -0.25) is 14.9 Å². The number of rotatable bonds is 5. The van der Waals surface area contributed by atoms with Gasteiger partial charge in [-0.15, -0.1) is 0 Å². The van der Waals surface area contributed by atoms with E-state index in [1.807, 2.05) is 0 Å². The van der Waals surface area contributed by atoms with E-state index in [0.717, 1.165) is 0 Å². The van der Waals surface area contributed by atoms with E-state index >= 15 is 0 Å². The van der Waals surface area contributed by atoms with Gasteiger partial charge in [0.25, 0.3) is 11.6 Å². The van der Waals surface area contributed by atoms with Gasteiger partial charge >= 0.3 is 0 Å². The predicted octanol–water partition coefficient (Wildman–Crippen LogP) is 3.48. The zero-order chi connectivity index (χ0) is 17.0. The van der Waals surface area contributed by atoms with Gasteiger partial charge in [0.2, 0.25) is 0 Å². The molecule has 0 radical (unpaired) electrons. The Balaban J connectivity index is 2.12. The van der Waals surface area contributed by atoms with Crippen molar-refractivity contribution in [1.82, 2.24) is 0 Å². The highest BCUT2D eigenvalue weighted by Gasteiger charge is 2.20. The Bertz CT molecular complexity index is 759. The van der Waals surface area contributed by atoms with Crippen LogP contribution < -0.4 is 5.32 Å². The second-order valence-electron chi connectivity index (χ2n) is 4.74. The van der Waals surface area contributed by atoms with Crippen LogP contribution in [0.5, 0.6) is 0 Å². The molecule has 0 saturated carbocycles. The number of nitrogens with one attached hydrogen (secondary N) is 1. The van der Waals surface area contributed by atoms with Crippen molar-refractivity contribution in [1.29, 1.82) is 0 Å². The molecule has 0 heterocycles. The fourth-order valence-electron chi connectivity index (χ4n) is 1.88. The molecular weight excluding hydrogens is 320 g/mol. The normalized spacial score (nSPS) is 11.6. The third-order valence-corrected chi connectivity index (χ3v) is 3.37. The first kappa shape index (κ1) is 16.7. The predicted molar refractivity (Wildman–Crippen MR) is 87.3 cm³/mol. The van der Waals surface area contributed by atoms with E-state index in [1.165, 1.54) is 24.3 Å². The highest BCUT2D eigenvalue weighted by molar-refractivity contribution is 6.30. The molecule has 0 spiro atoms. The molecule has 23 heavy (non-hydrogen) atoms. The Kier molecular flexibility index (Phi) is 5.10. The van der Waals surface area contributed by atoms with Crippen LogP contribution in [0.1, 0.15) is 11.7 Å². The average Bonchev–Trinajstić information content (AvgIpc) is 2.55. The quantitative estimate of drug-likeness (QED) is 0.498. The molecule has 7 heteroatoms. The number of hydrogen-bond donors (Lipinski definition) is 2. The van der Waals surface area contributed by atoms with Crippen LogP contribution in [0.2, 0.25) is 5.02 Å². The van der Waals surface area contributed by atoms with E-state index < -0.39 is 16.9 Å². The van der Waals surface area contributed by atoms with E-state index in [1.54, 1.807) is 24.3 Å². The van der Waals surface area contributed by atoms with Gasteiger partial charge in [-0.1, -0.05) is 30.3 Å². The van der Waals surface area contributed by atoms with E-state index in [4.69, 9.17) is 11.6 Å². The number of nitro benzene ring substituents is 1. The van der Waals surface area contributed by atoms with Crippen LogP contribution in [-0.2, 0) is 4.79 Å². The number of carbonyl (C=O) groups is 1. The van der Waals surface area contributed by atoms with E-state index in [0.29, 0.717) is 10.7 Å². The average molecular weight is 333 g/mol. The number of non-ortho nitro benzene ring substituents is 1. The summed E-state index contributed by atoms with van der Waals surface area (Å²) in [6.07, 6.45) is -1.35. The summed E-state index contributed by atoms with van der Waals surface area (Å²) in [4.78, 5) is 22.3. The molecule has 1 atom stereocenters. The van der Waals surface area contributed by atoms with Crippen LogP contribution >= 0.6 is 11.6 Å². The summed E-state index contributed by atoms with van der Waals surface area (Å²) in [7, 11) is 0. The van der Waals surface area contributed by atoms with Crippen molar-refractivity contribution in [2.24, 2.45) is 0 Å². The van der Waals surface area contributed by atoms with Gasteiger partial charge in [-0.25, -0.2) is 0 Å². The van der Waals surface area contributed by atoms with Crippen molar-refractivity contribution in [3.05, 3.63) is 81.4 Å². The van der Waals surface area contributed by atoms with E-state index in [2.05, 4.69) is 11.9 Å². The van der Waals surface area contributed by atoms with Crippen molar-refractivity contribution in [2.45, 2.75) is 6.10 Å². The van der Waals surface area contributed by atoms with Crippen molar-refractivity contribution in [3.8, 4) is 0 Å². The maximum Gasteiger partial charge on any atom is 0.269 e. The molecule has 118 valence electrons. The Morgan fingerprint density at radius 3 is 2.52 bits per heavy atom. The second kappa shape index (κ2) is 7.04. The van der Waals surface area contributed by atoms with Crippen LogP contribution in [0.3, 0.4) is 0 Å². The molecule has 0 fully saturated rings. The molecule has 0 saturated heterocycles. The molecule has 2 rings (SSSR count). The van der Waals surface area contributed by atoms with Crippen LogP contribution in [0.15, 0.2) is 60.7 Å². The lowest BCUT2D eigenvalue weighted by Gasteiger charge is -2.14. The maximum atomic E-state index is 12.1. The molecule has 1 unspecified atom stereocenters. The molecule has 0 aromatic heterocycles. The highest BCUT2D eigenvalue weighted by Crippen LogP contribution is 2.25. The monoisotopic (exact) mass is 332 g/mol. The van der Waals surface area contributed by atoms with Crippen molar-refractivity contribution < 1.29 is 14.8 Å². The summed E-state index contributed by atoms with van der Waals surface area (Å²) in [5.74, 6) is -0.591. The Labute approximate surface area is 137 Å². The largest absolute Gasteiger partial charge is 0.383 e. The number of nitro groups is 1. The molecule has 6 nitrogen and oxygen atoms in total. The summed E-state index contributed by atoms with van der Waals surface area (Å²) < 4.78 is 0. The molecule has 0 aliphatic rings. The highest BCUT2D eigenvalue weighted by atomic mass is 35.5. The molecule has 2 N–H and O–H groups in total. The number of aliphatic hydroxyl groups is 1. The molecular formula is C16H13ClN2O4. The topological polar surface area (TPSA) is 92.5 Å². The third kappa shape index (κ3) is 4.15. The smallest absolute Gasteiger partial charge is 0.269 e. The number of amides is 1. The molecule has 2 aromatic carbocycles. The number of anilines is 1. The summed E-state index contributed by atoms with van der Waals surface area (Å²) in [5, 5.41) is 24.0. The summed E-state index contributed by atoms with van der Waals surface area (Å²) in [5.41, 5.74) is 0.412. The van der Waals surface area contributed by atoms with Gasteiger partial charge in [0.1, 0.15) is 6.10 Å². The number of aliphatic hydroxyl groups excluding tert-OH is 1. The number of hydrogen-bond acceptors (Lipinski definition) is 4. The van der Waals surface area contributed by atoms with Gasteiger partial charge in [-0.05, 0) is 29.8 Å². The van der Waals surface area contributed by atoms with Gasteiger partial charge in [0, 0.05) is 28.4 Å². The molecule has 0 bridgehead atoms. The molecule has 0 aliphatic heterocycles. The lowest BCUT2D eigenvalue weighted by atomic mass is 10.0. The molecule has 1 amide bonds. The maximum absolute atomic E-state index is 12.1.